The van der Waals surface area contributed by atoms with Gasteiger partial charge in [-0.15, -0.1) is 0 Å². The number of fused-ring (bicyclic) bond motifs is 1. The lowest BCUT2D eigenvalue weighted by molar-refractivity contribution is 0.0968. The summed E-state index contributed by atoms with van der Waals surface area (Å²) in [6.07, 6.45) is 1.70. The van der Waals surface area contributed by atoms with Crippen LogP contribution < -0.4 is 15.0 Å². The van der Waals surface area contributed by atoms with E-state index in [0.29, 0.717) is 23.6 Å². The lowest BCUT2D eigenvalue weighted by Crippen LogP contribution is -2.47. The summed E-state index contributed by atoms with van der Waals surface area (Å²) in [5.41, 5.74) is 1.93. The number of ether oxygens (including phenoxy) is 2. The molecule has 0 unspecified atom stereocenters. The van der Waals surface area contributed by atoms with Crippen molar-refractivity contribution in [3.8, 4) is 11.5 Å². The molecule has 2 aromatic heterocycles. The van der Waals surface area contributed by atoms with Gasteiger partial charge in [-0.2, -0.15) is 5.10 Å². The van der Waals surface area contributed by atoms with Crippen LogP contribution in [0.5, 0.6) is 11.5 Å². The van der Waals surface area contributed by atoms with Crippen LogP contribution in [-0.2, 0) is 13.2 Å². The molecule has 1 aromatic carbocycles. The molecule has 0 saturated carbocycles. The zero-order valence-electron chi connectivity index (χ0n) is 17.8. The van der Waals surface area contributed by atoms with E-state index in [-0.39, 0.29) is 5.56 Å². The largest absolute Gasteiger partial charge is 0.493 e. The van der Waals surface area contributed by atoms with Crippen LogP contribution in [0.4, 0.5) is 0 Å². The molecule has 0 spiro atoms. The van der Waals surface area contributed by atoms with E-state index in [2.05, 4.69) is 20.1 Å². The third kappa shape index (κ3) is 3.78. The van der Waals surface area contributed by atoms with Gasteiger partial charge in [0.2, 0.25) is 0 Å². The minimum atomic E-state index is -0.179. The van der Waals surface area contributed by atoms with Gasteiger partial charge in [-0.05, 0) is 26.0 Å². The molecule has 3 heterocycles. The van der Waals surface area contributed by atoms with Crippen LogP contribution in [0, 0.1) is 13.8 Å². The van der Waals surface area contributed by atoms with Crippen molar-refractivity contribution in [2.75, 3.05) is 40.4 Å². The van der Waals surface area contributed by atoms with E-state index in [0.717, 1.165) is 55.1 Å². The summed E-state index contributed by atoms with van der Waals surface area (Å²) in [5, 5.41) is 9.63. The molecule has 0 aliphatic carbocycles. The summed E-state index contributed by atoms with van der Waals surface area (Å²) < 4.78 is 17.6. The average Bonchev–Trinajstić information content (AvgIpc) is 3.08. The molecule has 1 aliphatic rings. The van der Waals surface area contributed by atoms with Crippen molar-refractivity contribution < 1.29 is 14.0 Å². The molecule has 1 fully saturated rings. The molecule has 0 bridgehead atoms. The van der Waals surface area contributed by atoms with Gasteiger partial charge in [-0.1, -0.05) is 5.16 Å². The molecular weight excluding hydrogens is 386 g/mol. The van der Waals surface area contributed by atoms with Crippen LogP contribution in [0.1, 0.15) is 17.0 Å². The van der Waals surface area contributed by atoms with Gasteiger partial charge in [0, 0.05) is 43.7 Å². The Hall–Kier alpha value is -2.91. The minimum absolute atomic E-state index is 0.179. The summed E-state index contributed by atoms with van der Waals surface area (Å²) in [6, 6.07) is 3.60. The van der Waals surface area contributed by atoms with Gasteiger partial charge >= 0.3 is 0 Å². The normalized spacial score (nSPS) is 15.6. The van der Waals surface area contributed by atoms with E-state index >= 15 is 0 Å². The second-order valence-electron chi connectivity index (χ2n) is 7.55. The molecule has 0 radical (unpaired) electrons. The maximum absolute atomic E-state index is 13.1. The summed E-state index contributed by atoms with van der Waals surface area (Å²) in [7, 11) is 3.10. The molecule has 4 rings (SSSR count). The molecule has 160 valence electrons. The van der Waals surface area contributed by atoms with E-state index < -0.39 is 0 Å². The molecular formula is C21H27N5O4. The lowest BCUT2D eigenvalue weighted by Gasteiger charge is -2.34. The number of benzene rings is 1. The number of aryl methyl sites for hydroxylation is 2. The van der Waals surface area contributed by atoms with E-state index in [1.165, 1.54) is 4.68 Å². The van der Waals surface area contributed by atoms with E-state index in [9.17, 15) is 4.79 Å². The molecule has 0 N–H and O–H groups in total. The smallest absolute Gasteiger partial charge is 0.279 e. The zero-order chi connectivity index (χ0) is 21.3. The third-order valence-electron chi connectivity index (χ3n) is 5.72. The minimum Gasteiger partial charge on any atom is -0.493 e. The maximum Gasteiger partial charge on any atom is 0.279 e. The second-order valence-corrected chi connectivity index (χ2v) is 7.55. The Morgan fingerprint density at radius 1 is 1.07 bits per heavy atom. The van der Waals surface area contributed by atoms with E-state index in [1.54, 1.807) is 26.5 Å². The maximum atomic E-state index is 13.1. The molecule has 30 heavy (non-hydrogen) atoms. The Labute approximate surface area is 174 Å². The Morgan fingerprint density at radius 3 is 2.43 bits per heavy atom. The Kier molecular flexibility index (Phi) is 5.74. The molecule has 3 aromatic rings. The molecule has 9 nitrogen and oxygen atoms in total. The van der Waals surface area contributed by atoms with E-state index in [4.69, 9.17) is 14.0 Å². The number of piperazine rings is 1. The highest BCUT2D eigenvalue weighted by molar-refractivity contribution is 5.89. The molecule has 9 heteroatoms. The van der Waals surface area contributed by atoms with Crippen molar-refractivity contribution in [2.24, 2.45) is 0 Å². The lowest BCUT2D eigenvalue weighted by atomic mass is 10.1. The van der Waals surface area contributed by atoms with Crippen molar-refractivity contribution in [2.45, 2.75) is 27.1 Å². The van der Waals surface area contributed by atoms with Gasteiger partial charge < -0.3 is 14.0 Å². The first kappa shape index (κ1) is 20.4. The molecule has 0 atom stereocenters. The zero-order valence-corrected chi connectivity index (χ0v) is 17.8. The quantitative estimate of drug-likeness (QED) is 0.605. The number of nitrogens with zero attached hydrogens (tertiary/aromatic N) is 5. The van der Waals surface area contributed by atoms with Gasteiger partial charge in [-0.25, -0.2) is 4.68 Å². The Bertz CT molecular complexity index is 1080. The van der Waals surface area contributed by atoms with Crippen molar-refractivity contribution in [1.82, 2.24) is 24.7 Å². The van der Waals surface area contributed by atoms with Crippen LogP contribution in [0.2, 0.25) is 0 Å². The summed E-state index contributed by atoms with van der Waals surface area (Å²) in [5.74, 6) is 1.86. The predicted molar refractivity (Wildman–Crippen MR) is 112 cm³/mol. The summed E-state index contributed by atoms with van der Waals surface area (Å²) in [4.78, 5) is 17.7. The van der Waals surface area contributed by atoms with Crippen LogP contribution in [0.25, 0.3) is 10.8 Å². The van der Waals surface area contributed by atoms with Crippen molar-refractivity contribution >= 4 is 10.8 Å². The fourth-order valence-corrected chi connectivity index (χ4v) is 3.91. The highest BCUT2D eigenvalue weighted by atomic mass is 16.5. The molecule has 1 aliphatic heterocycles. The van der Waals surface area contributed by atoms with Crippen LogP contribution in [-0.4, -0.2) is 65.1 Å². The highest BCUT2D eigenvalue weighted by Gasteiger charge is 2.21. The summed E-state index contributed by atoms with van der Waals surface area (Å²) >= 11 is 0. The molecule has 1 saturated heterocycles. The SMILES string of the molecule is COc1ccc2cnn(CN3CCN(Cc4c(C)noc4C)CC3)c(=O)c2c1OC. The van der Waals surface area contributed by atoms with Crippen molar-refractivity contribution in [3.05, 3.63) is 45.7 Å². The fraction of sp³-hybridized carbons (Fsp3) is 0.476. The first-order chi connectivity index (χ1) is 14.5. The number of rotatable bonds is 6. The first-order valence-corrected chi connectivity index (χ1v) is 9.99. The first-order valence-electron chi connectivity index (χ1n) is 9.99. The van der Waals surface area contributed by atoms with Gasteiger partial charge in [0.1, 0.15) is 5.76 Å². The summed E-state index contributed by atoms with van der Waals surface area (Å²) in [6.45, 7) is 8.72. The standard InChI is InChI=1S/C21H27N5O4/c1-14-17(15(2)30-23-14)12-24-7-9-25(10-8-24)13-26-21(27)19-16(11-22-26)5-6-18(28-3)20(19)29-4/h5-6,11H,7-10,12-13H2,1-4H3. The van der Waals surface area contributed by atoms with Crippen LogP contribution in [0.3, 0.4) is 0 Å². The van der Waals surface area contributed by atoms with Gasteiger partial charge in [0.15, 0.2) is 11.5 Å². The predicted octanol–water partition coefficient (Wildman–Crippen LogP) is 1.79. The number of hydrogen-bond donors (Lipinski definition) is 0. The van der Waals surface area contributed by atoms with Gasteiger partial charge in [-0.3, -0.25) is 14.6 Å². The van der Waals surface area contributed by atoms with Crippen molar-refractivity contribution in [1.29, 1.82) is 0 Å². The highest BCUT2D eigenvalue weighted by Crippen LogP contribution is 2.32. The fourth-order valence-electron chi connectivity index (χ4n) is 3.91. The van der Waals surface area contributed by atoms with Crippen molar-refractivity contribution in [3.63, 3.8) is 0 Å². The Balaban J connectivity index is 1.48. The van der Waals surface area contributed by atoms with E-state index in [1.807, 2.05) is 19.9 Å². The monoisotopic (exact) mass is 413 g/mol. The third-order valence-corrected chi connectivity index (χ3v) is 5.72. The molecule has 0 amide bonds. The Morgan fingerprint density at radius 2 is 1.80 bits per heavy atom. The van der Waals surface area contributed by atoms with Gasteiger partial charge in [0.25, 0.3) is 5.56 Å². The number of hydrogen-bond acceptors (Lipinski definition) is 8. The van der Waals surface area contributed by atoms with Crippen LogP contribution in [0.15, 0.2) is 27.6 Å². The number of methoxy groups -OCH3 is 2. The number of aromatic nitrogens is 3. The van der Waals surface area contributed by atoms with Crippen LogP contribution >= 0.6 is 0 Å². The van der Waals surface area contributed by atoms with Gasteiger partial charge in [0.05, 0.1) is 38.2 Å². The topological polar surface area (TPSA) is 85.9 Å². The average molecular weight is 413 g/mol. The second kappa shape index (κ2) is 8.45.